The van der Waals surface area contributed by atoms with Crippen molar-refractivity contribution in [2.75, 3.05) is 6.54 Å². The first kappa shape index (κ1) is 15.8. The lowest BCUT2D eigenvalue weighted by Gasteiger charge is -2.10. The second kappa shape index (κ2) is 5.30. The van der Waals surface area contributed by atoms with Crippen molar-refractivity contribution in [3.63, 3.8) is 0 Å². The maximum Gasteiger partial charge on any atom is 0.170 e. The van der Waals surface area contributed by atoms with E-state index < -0.39 is 5.82 Å². The standard InChI is InChI=1S/C16H24FN3O/c1-15(2)13(16(15,3)4)9-19-8-10-5-6-11(17)7-12(10)14(18)20-21/h5-7,13,19,21H,8-9H2,1-4H3,(H2,18,20). The van der Waals surface area contributed by atoms with Gasteiger partial charge >= 0.3 is 0 Å². The summed E-state index contributed by atoms with van der Waals surface area (Å²) >= 11 is 0. The van der Waals surface area contributed by atoms with E-state index >= 15 is 0 Å². The first-order chi connectivity index (χ1) is 9.71. The minimum Gasteiger partial charge on any atom is -0.409 e. The number of nitrogens with one attached hydrogen (secondary N) is 1. The zero-order valence-electron chi connectivity index (χ0n) is 13.1. The third-order valence-electron chi connectivity index (χ3n) is 5.44. The maximum atomic E-state index is 13.3. The summed E-state index contributed by atoms with van der Waals surface area (Å²) in [7, 11) is 0. The van der Waals surface area contributed by atoms with Crippen LogP contribution in [0, 0.1) is 22.6 Å². The SMILES string of the molecule is CC1(C)C(CNCc2ccc(F)cc2C(N)=NO)C1(C)C. The Morgan fingerprint density at radius 1 is 1.33 bits per heavy atom. The normalized spacial score (nSPS) is 20.5. The average molecular weight is 293 g/mol. The van der Waals surface area contributed by atoms with E-state index in [2.05, 4.69) is 38.2 Å². The van der Waals surface area contributed by atoms with Crippen molar-refractivity contribution in [3.8, 4) is 0 Å². The van der Waals surface area contributed by atoms with E-state index in [1.807, 2.05) is 0 Å². The number of benzene rings is 1. The van der Waals surface area contributed by atoms with E-state index in [0.717, 1.165) is 12.1 Å². The van der Waals surface area contributed by atoms with Gasteiger partial charge in [-0.2, -0.15) is 0 Å². The smallest absolute Gasteiger partial charge is 0.170 e. The van der Waals surface area contributed by atoms with Gasteiger partial charge in [0.05, 0.1) is 0 Å². The van der Waals surface area contributed by atoms with Gasteiger partial charge in [0.15, 0.2) is 5.84 Å². The highest BCUT2D eigenvalue weighted by Crippen LogP contribution is 2.67. The van der Waals surface area contributed by atoms with Crippen LogP contribution >= 0.6 is 0 Å². The third-order valence-corrected chi connectivity index (χ3v) is 5.44. The molecule has 1 fully saturated rings. The van der Waals surface area contributed by atoms with Gasteiger partial charge in [0, 0.05) is 12.1 Å². The van der Waals surface area contributed by atoms with Crippen molar-refractivity contribution in [2.45, 2.75) is 34.2 Å². The van der Waals surface area contributed by atoms with Crippen LogP contribution in [0.1, 0.15) is 38.8 Å². The van der Waals surface area contributed by atoms with Crippen molar-refractivity contribution >= 4 is 5.84 Å². The molecule has 0 heterocycles. The van der Waals surface area contributed by atoms with E-state index in [-0.39, 0.29) is 5.84 Å². The molecule has 0 aromatic heterocycles. The molecular formula is C16H24FN3O. The molecule has 1 saturated carbocycles. The lowest BCUT2D eigenvalue weighted by Crippen LogP contribution is -2.22. The van der Waals surface area contributed by atoms with Gasteiger partial charge in [-0.1, -0.05) is 38.9 Å². The molecule has 1 aromatic rings. The van der Waals surface area contributed by atoms with Crippen molar-refractivity contribution < 1.29 is 9.60 Å². The van der Waals surface area contributed by atoms with Crippen LogP contribution in [0.25, 0.3) is 0 Å². The average Bonchev–Trinajstić information content (AvgIpc) is 2.81. The number of halogens is 1. The molecule has 116 valence electrons. The van der Waals surface area contributed by atoms with E-state index in [4.69, 9.17) is 10.9 Å². The Balaban J connectivity index is 2.02. The van der Waals surface area contributed by atoms with Crippen LogP contribution in [0.5, 0.6) is 0 Å². The van der Waals surface area contributed by atoms with Gasteiger partial charge in [-0.15, -0.1) is 0 Å². The Kier molecular flexibility index (Phi) is 3.97. The number of hydrogen-bond donors (Lipinski definition) is 3. The number of oxime groups is 1. The summed E-state index contributed by atoms with van der Waals surface area (Å²) in [5.41, 5.74) is 7.51. The number of hydrogen-bond acceptors (Lipinski definition) is 3. The molecule has 0 saturated heterocycles. The number of amidine groups is 1. The fraction of sp³-hybridized carbons (Fsp3) is 0.562. The molecule has 0 radical (unpaired) electrons. The van der Waals surface area contributed by atoms with Gasteiger partial charge in [-0.05, 0) is 41.0 Å². The van der Waals surface area contributed by atoms with E-state index in [1.54, 1.807) is 6.07 Å². The highest BCUT2D eigenvalue weighted by molar-refractivity contribution is 5.98. The summed E-state index contributed by atoms with van der Waals surface area (Å²) in [4.78, 5) is 0. The molecule has 0 bridgehead atoms. The van der Waals surface area contributed by atoms with Crippen molar-refractivity contribution in [2.24, 2.45) is 27.6 Å². The third kappa shape index (κ3) is 2.75. The highest BCUT2D eigenvalue weighted by atomic mass is 19.1. The topological polar surface area (TPSA) is 70.6 Å². The molecule has 4 N–H and O–H groups in total. The first-order valence-corrected chi connectivity index (χ1v) is 7.19. The number of nitrogens with two attached hydrogens (primary N) is 1. The van der Waals surface area contributed by atoms with Crippen molar-refractivity contribution in [1.82, 2.24) is 5.32 Å². The summed E-state index contributed by atoms with van der Waals surface area (Å²) in [5, 5.41) is 15.1. The highest BCUT2D eigenvalue weighted by Gasteiger charge is 2.63. The van der Waals surface area contributed by atoms with E-state index in [1.165, 1.54) is 12.1 Å². The molecule has 0 atom stereocenters. The molecule has 2 rings (SSSR count). The van der Waals surface area contributed by atoms with Gasteiger partial charge in [-0.3, -0.25) is 0 Å². The quantitative estimate of drug-likeness (QED) is 0.338. The molecule has 21 heavy (non-hydrogen) atoms. The molecule has 1 aliphatic carbocycles. The zero-order chi connectivity index (χ0) is 15.8. The van der Waals surface area contributed by atoms with Crippen LogP contribution in [-0.4, -0.2) is 17.6 Å². The molecule has 1 aromatic carbocycles. The molecule has 0 amide bonds. The second-order valence-corrected chi connectivity index (χ2v) is 6.91. The van der Waals surface area contributed by atoms with Crippen LogP contribution in [-0.2, 0) is 6.54 Å². The Morgan fingerprint density at radius 2 is 1.95 bits per heavy atom. The second-order valence-electron chi connectivity index (χ2n) is 6.91. The fourth-order valence-corrected chi connectivity index (χ4v) is 3.19. The molecule has 4 nitrogen and oxygen atoms in total. The predicted octanol–water partition coefficient (Wildman–Crippen LogP) is 2.69. The Labute approximate surface area is 125 Å². The van der Waals surface area contributed by atoms with E-state index in [0.29, 0.717) is 28.9 Å². The van der Waals surface area contributed by atoms with Crippen molar-refractivity contribution in [1.29, 1.82) is 0 Å². The molecule has 0 unspecified atom stereocenters. The molecule has 0 aliphatic heterocycles. The summed E-state index contributed by atoms with van der Waals surface area (Å²) in [5.74, 6) is 0.140. The maximum absolute atomic E-state index is 13.3. The lowest BCUT2D eigenvalue weighted by molar-refractivity contribution is 0.318. The van der Waals surface area contributed by atoms with Crippen LogP contribution in [0.15, 0.2) is 23.4 Å². The predicted molar refractivity (Wildman–Crippen MR) is 81.7 cm³/mol. The summed E-state index contributed by atoms with van der Waals surface area (Å²) < 4.78 is 13.3. The van der Waals surface area contributed by atoms with Crippen LogP contribution < -0.4 is 11.1 Å². The number of nitrogens with zero attached hydrogens (tertiary/aromatic N) is 1. The summed E-state index contributed by atoms with van der Waals surface area (Å²) in [6, 6.07) is 4.34. The van der Waals surface area contributed by atoms with E-state index in [9.17, 15) is 4.39 Å². The van der Waals surface area contributed by atoms with Crippen LogP contribution in [0.2, 0.25) is 0 Å². The van der Waals surface area contributed by atoms with Crippen molar-refractivity contribution in [3.05, 3.63) is 35.1 Å². The number of rotatable bonds is 5. The molecule has 5 heteroatoms. The van der Waals surface area contributed by atoms with Gasteiger partial charge < -0.3 is 16.3 Å². The zero-order valence-corrected chi connectivity index (χ0v) is 13.1. The largest absolute Gasteiger partial charge is 0.409 e. The van der Waals surface area contributed by atoms with Crippen LogP contribution in [0.3, 0.4) is 0 Å². The molecular weight excluding hydrogens is 269 g/mol. The summed E-state index contributed by atoms with van der Waals surface area (Å²) in [6.45, 7) is 10.6. The van der Waals surface area contributed by atoms with Gasteiger partial charge in [0.25, 0.3) is 0 Å². The van der Waals surface area contributed by atoms with Gasteiger partial charge in [0.1, 0.15) is 5.82 Å². The summed E-state index contributed by atoms with van der Waals surface area (Å²) in [6.07, 6.45) is 0. The lowest BCUT2D eigenvalue weighted by atomic mass is 10.0. The minimum atomic E-state index is -0.398. The first-order valence-electron chi connectivity index (χ1n) is 7.19. The molecule has 0 spiro atoms. The van der Waals surface area contributed by atoms with Gasteiger partial charge in [0.2, 0.25) is 0 Å². The van der Waals surface area contributed by atoms with Crippen LogP contribution in [0.4, 0.5) is 4.39 Å². The van der Waals surface area contributed by atoms with Gasteiger partial charge in [-0.25, -0.2) is 4.39 Å². The monoisotopic (exact) mass is 293 g/mol. The Bertz CT molecular complexity index is 553. The Hall–Kier alpha value is -1.62. The molecule has 1 aliphatic rings. The minimum absolute atomic E-state index is 0.0709. The Morgan fingerprint density at radius 3 is 2.48 bits per heavy atom. The fourth-order valence-electron chi connectivity index (χ4n) is 3.19.